The molecule has 1 aromatic carbocycles. The Morgan fingerprint density at radius 1 is 1.48 bits per heavy atom. The molecule has 25 heavy (non-hydrogen) atoms. The number of aliphatic hydroxyl groups excluding tert-OH is 1. The van der Waals surface area contributed by atoms with E-state index < -0.39 is 6.10 Å². The molecule has 0 spiro atoms. The summed E-state index contributed by atoms with van der Waals surface area (Å²) in [5.74, 6) is 0.314. The highest BCUT2D eigenvalue weighted by atomic mass is 16.5. The van der Waals surface area contributed by atoms with E-state index in [1.165, 1.54) is 5.56 Å². The Kier molecular flexibility index (Phi) is 8.12. The normalized spacial score (nSPS) is 17.2. The predicted octanol–water partition coefficient (Wildman–Crippen LogP) is 2.81. The van der Waals surface area contributed by atoms with Gasteiger partial charge in [-0.05, 0) is 62.9 Å². The van der Waals surface area contributed by atoms with Gasteiger partial charge < -0.3 is 15.2 Å². The van der Waals surface area contributed by atoms with Crippen LogP contribution in [0.4, 0.5) is 5.69 Å². The number of aliphatic hydroxyl groups is 1. The number of benzene rings is 1. The van der Waals surface area contributed by atoms with Crippen molar-refractivity contribution in [3.63, 3.8) is 0 Å². The van der Waals surface area contributed by atoms with Crippen LogP contribution in [-0.4, -0.2) is 48.3 Å². The Morgan fingerprint density at radius 2 is 2.24 bits per heavy atom. The van der Waals surface area contributed by atoms with Crippen LogP contribution in [0, 0.1) is 5.92 Å². The molecule has 0 radical (unpaired) electrons. The lowest BCUT2D eigenvalue weighted by Crippen LogP contribution is -2.34. The first-order valence-corrected chi connectivity index (χ1v) is 9.08. The Morgan fingerprint density at radius 3 is 2.92 bits per heavy atom. The summed E-state index contributed by atoms with van der Waals surface area (Å²) in [6.45, 7) is 9.08. The second-order valence-electron chi connectivity index (χ2n) is 6.68. The highest BCUT2D eigenvalue weighted by Crippen LogP contribution is 2.20. The van der Waals surface area contributed by atoms with Crippen LogP contribution in [0.15, 0.2) is 36.9 Å². The fourth-order valence-corrected chi connectivity index (χ4v) is 2.98. The number of likely N-dealkylation sites (tertiary alicyclic amines) is 1. The van der Waals surface area contributed by atoms with E-state index in [2.05, 4.69) is 22.9 Å². The number of nitrogens with one attached hydrogen (secondary N) is 1. The van der Waals surface area contributed by atoms with Gasteiger partial charge in [0, 0.05) is 18.8 Å². The lowest BCUT2D eigenvalue weighted by molar-refractivity contribution is -0.126. The van der Waals surface area contributed by atoms with Gasteiger partial charge in [0.25, 0.3) is 5.91 Å². The minimum absolute atomic E-state index is 0.134. The van der Waals surface area contributed by atoms with E-state index in [9.17, 15) is 9.90 Å². The van der Waals surface area contributed by atoms with Gasteiger partial charge in [0.15, 0.2) is 0 Å². The molecular formula is C20H30N2O3. The first-order valence-electron chi connectivity index (χ1n) is 9.08. The lowest BCUT2D eigenvalue weighted by atomic mass is 9.97. The van der Waals surface area contributed by atoms with Gasteiger partial charge in [-0.3, -0.25) is 9.69 Å². The number of ether oxygens (including phenoxy) is 1. The molecule has 0 saturated carbocycles. The first-order chi connectivity index (χ1) is 12.1. The summed E-state index contributed by atoms with van der Waals surface area (Å²) in [7, 11) is 0. The molecule has 1 atom stereocenters. The minimum atomic E-state index is -0.485. The highest BCUT2D eigenvalue weighted by molar-refractivity contribution is 5.93. The van der Waals surface area contributed by atoms with E-state index in [4.69, 9.17) is 4.74 Å². The number of hydrogen-bond acceptors (Lipinski definition) is 4. The van der Waals surface area contributed by atoms with Crippen LogP contribution < -0.4 is 5.32 Å². The largest absolute Gasteiger partial charge is 0.396 e. The molecule has 0 aliphatic carbocycles. The summed E-state index contributed by atoms with van der Waals surface area (Å²) in [6, 6.07) is 7.97. The van der Waals surface area contributed by atoms with Crippen molar-refractivity contribution in [3.8, 4) is 0 Å². The Labute approximate surface area is 150 Å². The van der Waals surface area contributed by atoms with Gasteiger partial charge in [-0.25, -0.2) is 0 Å². The molecule has 1 saturated heterocycles. The minimum Gasteiger partial charge on any atom is -0.396 e. The average Bonchev–Trinajstić information content (AvgIpc) is 2.62. The standard InChI is InChI=1S/C20H30N2O3/c1-3-4-12-25-16(2)20(24)21-19-7-5-6-18(13-19)14-22-10-8-17(15-23)9-11-22/h3,5-7,13,16-17,23H,1,4,8-12,14-15H2,2H3,(H,21,24). The molecule has 1 amide bonds. The van der Waals surface area contributed by atoms with Crippen molar-refractivity contribution in [3.05, 3.63) is 42.5 Å². The van der Waals surface area contributed by atoms with Crippen LogP contribution in [0.5, 0.6) is 0 Å². The maximum absolute atomic E-state index is 12.2. The van der Waals surface area contributed by atoms with Crippen LogP contribution in [0.25, 0.3) is 0 Å². The van der Waals surface area contributed by atoms with Crippen LogP contribution in [0.1, 0.15) is 31.7 Å². The van der Waals surface area contributed by atoms with Crippen molar-refractivity contribution in [2.75, 3.05) is 31.6 Å². The summed E-state index contributed by atoms with van der Waals surface area (Å²) >= 11 is 0. The SMILES string of the molecule is C=CCCOC(C)C(=O)Nc1cccc(CN2CCC(CO)CC2)c1. The number of carbonyl (C=O) groups is 1. The molecule has 1 aliphatic rings. The van der Waals surface area contributed by atoms with Gasteiger partial charge in [0.05, 0.1) is 6.61 Å². The van der Waals surface area contributed by atoms with Gasteiger partial charge in [-0.2, -0.15) is 0 Å². The molecule has 1 heterocycles. The fraction of sp³-hybridized carbons (Fsp3) is 0.550. The third kappa shape index (κ3) is 6.61. The predicted molar refractivity (Wildman–Crippen MR) is 100 cm³/mol. The third-order valence-corrected chi connectivity index (χ3v) is 4.63. The first kappa shape index (κ1) is 19.6. The second-order valence-corrected chi connectivity index (χ2v) is 6.68. The number of carbonyl (C=O) groups excluding carboxylic acids is 1. The van der Waals surface area contributed by atoms with Crippen molar-refractivity contribution >= 4 is 11.6 Å². The van der Waals surface area contributed by atoms with Crippen molar-refractivity contribution in [1.82, 2.24) is 4.90 Å². The van der Waals surface area contributed by atoms with E-state index in [1.54, 1.807) is 13.0 Å². The molecule has 2 N–H and O–H groups in total. The second kappa shape index (κ2) is 10.3. The van der Waals surface area contributed by atoms with Gasteiger partial charge in [0.1, 0.15) is 6.10 Å². The summed E-state index contributed by atoms with van der Waals surface area (Å²) in [6.07, 6.45) is 4.12. The maximum Gasteiger partial charge on any atom is 0.253 e. The van der Waals surface area contributed by atoms with E-state index in [0.29, 0.717) is 19.1 Å². The van der Waals surface area contributed by atoms with E-state index in [1.807, 2.05) is 18.2 Å². The van der Waals surface area contributed by atoms with Gasteiger partial charge in [0.2, 0.25) is 0 Å². The summed E-state index contributed by atoms with van der Waals surface area (Å²) in [5.41, 5.74) is 1.98. The number of amides is 1. The smallest absolute Gasteiger partial charge is 0.253 e. The molecular weight excluding hydrogens is 316 g/mol. The summed E-state index contributed by atoms with van der Waals surface area (Å²) < 4.78 is 5.48. The van der Waals surface area contributed by atoms with Gasteiger partial charge in [-0.15, -0.1) is 6.58 Å². The topological polar surface area (TPSA) is 61.8 Å². The third-order valence-electron chi connectivity index (χ3n) is 4.63. The van der Waals surface area contributed by atoms with E-state index >= 15 is 0 Å². The Bertz CT molecular complexity index is 554. The summed E-state index contributed by atoms with van der Waals surface area (Å²) in [4.78, 5) is 14.6. The molecule has 1 fully saturated rings. The van der Waals surface area contributed by atoms with Crippen LogP contribution >= 0.6 is 0 Å². The zero-order chi connectivity index (χ0) is 18.1. The summed E-state index contributed by atoms with van der Waals surface area (Å²) in [5, 5.41) is 12.1. The number of nitrogens with zero attached hydrogens (tertiary/aromatic N) is 1. The number of hydrogen-bond donors (Lipinski definition) is 2. The lowest BCUT2D eigenvalue weighted by Gasteiger charge is -2.31. The fourth-order valence-electron chi connectivity index (χ4n) is 2.98. The number of anilines is 1. The van der Waals surface area contributed by atoms with E-state index in [-0.39, 0.29) is 5.91 Å². The van der Waals surface area contributed by atoms with Crippen molar-refractivity contribution in [2.24, 2.45) is 5.92 Å². The molecule has 0 bridgehead atoms. The van der Waals surface area contributed by atoms with Crippen LogP contribution in [0.2, 0.25) is 0 Å². The van der Waals surface area contributed by atoms with Crippen LogP contribution in [0.3, 0.4) is 0 Å². The molecule has 0 aromatic heterocycles. The number of piperidine rings is 1. The molecule has 2 rings (SSSR count). The molecule has 5 heteroatoms. The quantitative estimate of drug-likeness (QED) is 0.533. The van der Waals surface area contributed by atoms with Crippen molar-refractivity contribution in [2.45, 2.75) is 38.8 Å². The van der Waals surface area contributed by atoms with Crippen molar-refractivity contribution in [1.29, 1.82) is 0 Å². The average molecular weight is 346 g/mol. The molecule has 5 nitrogen and oxygen atoms in total. The molecule has 1 aromatic rings. The monoisotopic (exact) mass is 346 g/mol. The molecule has 138 valence electrons. The number of rotatable bonds is 9. The van der Waals surface area contributed by atoms with Crippen molar-refractivity contribution < 1.29 is 14.6 Å². The van der Waals surface area contributed by atoms with E-state index in [0.717, 1.165) is 44.6 Å². The molecule has 1 aliphatic heterocycles. The molecule has 1 unspecified atom stereocenters. The van der Waals surface area contributed by atoms with Crippen LogP contribution in [-0.2, 0) is 16.1 Å². The van der Waals surface area contributed by atoms with Gasteiger partial charge in [-0.1, -0.05) is 18.2 Å². The maximum atomic E-state index is 12.2. The Hall–Kier alpha value is -1.69. The Balaban J connectivity index is 1.84. The zero-order valence-electron chi connectivity index (χ0n) is 15.1. The van der Waals surface area contributed by atoms with Gasteiger partial charge >= 0.3 is 0 Å². The highest BCUT2D eigenvalue weighted by Gasteiger charge is 2.18. The zero-order valence-corrected chi connectivity index (χ0v) is 15.1.